The number of hydrogen-bond donors (Lipinski definition) is 0. The molecule has 0 nitrogen and oxygen atoms in total. The number of hydrogen-bond acceptors (Lipinski definition) is 0. The summed E-state index contributed by atoms with van der Waals surface area (Å²) in [5.74, 6) is 0. The first kappa shape index (κ1) is 20.6. The van der Waals surface area contributed by atoms with E-state index < -0.39 is 0 Å². The van der Waals surface area contributed by atoms with Gasteiger partial charge in [0.25, 0.3) is 0 Å². The smallest absolute Gasteiger partial charge is 0.00867 e. The number of rotatable bonds is 2. The van der Waals surface area contributed by atoms with Crippen LogP contribution in [-0.4, -0.2) is 21.9 Å². The summed E-state index contributed by atoms with van der Waals surface area (Å²) >= 11 is 0. The van der Waals surface area contributed by atoms with Gasteiger partial charge in [-0.05, 0) is 94.7 Å². The van der Waals surface area contributed by atoms with Crippen LogP contribution >= 0.6 is 15.1 Å². The quantitative estimate of drug-likeness (QED) is 0.459. The fourth-order valence-corrected chi connectivity index (χ4v) is 13.6. The SMILES string of the molecule is Cc1cc(C)c(C2=P(C)=C(c3c(C)cc(C)cc3C)P2C(C)(C)C)c(C)c1. The minimum atomic E-state index is -0.280. The average Bonchev–Trinajstić information content (AvgIpc) is 2.48. The molecule has 2 aromatic rings. The summed E-state index contributed by atoms with van der Waals surface area (Å²) in [4.78, 5) is 0. The van der Waals surface area contributed by atoms with Crippen LogP contribution < -0.4 is 0 Å². The minimum Gasteiger partial charge on any atom is -0.110 e. The van der Waals surface area contributed by atoms with Crippen molar-refractivity contribution in [1.29, 1.82) is 0 Å². The van der Waals surface area contributed by atoms with Gasteiger partial charge in [0.1, 0.15) is 0 Å². The second-order valence-corrected chi connectivity index (χ2v) is 14.9. The third-order valence-corrected chi connectivity index (χ3v) is 12.9. The first-order chi connectivity index (χ1) is 12.4. The van der Waals surface area contributed by atoms with Gasteiger partial charge in [-0.1, -0.05) is 56.2 Å². The van der Waals surface area contributed by atoms with Gasteiger partial charge in [0.2, 0.25) is 0 Å². The molecule has 27 heavy (non-hydrogen) atoms. The van der Waals surface area contributed by atoms with Crippen LogP contribution in [0.25, 0.3) is 0 Å². The Labute approximate surface area is 168 Å². The molecule has 1 aliphatic rings. The molecule has 0 saturated carbocycles. The van der Waals surface area contributed by atoms with Crippen molar-refractivity contribution in [3.05, 3.63) is 68.8 Å². The molecule has 0 N–H and O–H groups in total. The van der Waals surface area contributed by atoms with Crippen LogP contribution in [-0.2, 0) is 0 Å². The van der Waals surface area contributed by atoms with Gasteiger partial charge in [-0.25, -0.2) is 0 Å². The predicted molar refractivity (Wildman–Crippen MR) is 129 cm³/mol. The van der Waals surface area contributed by atoms with Crippen molar-refractivity contribution in [2.24, 2.45) is 0 Å². The Hall–Kier alpha value is -1.09. The fourth-order valence-electron chi connectivity index (χ4n) is 4.72. The fraction of sp³-hybridized carbons (Fsp3) is 0.440. The minimum absolute atomic E-state index is 0.223. The third-order valence-electron chi connectivity index (χ3n) is 5.53. The van der Waals surface area contributed by atoms with Crippen LogP contribution in [0.1, 0.15) is 65.3 Å². The normalized spacial score (nSPS) is 18.7. The Morgan fingerprint density at radius 1 is 0.593 bits per heavy atom. The van der Waals surface area contributed by atoms with Crippen molar-refractivity contribution >= 4 is 25.2 Å². The summed E-state index contributed by atoms with van der Waals surface area (Å²) in [6.45, 7) is 23.5. The second-order valence-electron chi connectivity index (χ2n) is 9.26. The van der Waals surface area contributed by atoms with E-state index in [2.05, 4.69) is 93.2 Å². The van der Waals surface area contributed by atoms with Gasteiger partial charge in [0.15, 0.2) is 0 Å². The zero-order valence-electron chi connectivity index (χ0n) is 18.7. The molecular formula is C25H34P2. The molecule has 144 valence electrons. The monoisotopic (exact) mass is 396 g/mol. The van der Waals surface area contributed by atoms with Gasteiger partial charge < -0.3 is 0 Å². The molecular weight excluding hydrogens is 362 g/mol. The van der Waals surface area contributed by atoms with Gasteiger partial charge in [-0.15, -0.1) is 7.17 Å². The van der Waals surface area contributed by atoms with E-state index in [-0.39, 0.29) is 15.1 Å². The molecule has 0 saturated heterocycles. The topological polar surface area (TPSA) is 0 Å². The molecule has 0 spiro atoms. The molecule has 1 heterocycles. The van der Waals surface area contributed by atoms with Gasteiger partial charge >= 0.3 is 0 Å². The zero-order chi connectivity index (χ0) is 20.3. The molecule has 0 aromatic heterocycles. The van der Waals surface area contributed by atoms with E-state index in [4.69, 9.17) is 0 Å². The van der Waals surface area contributed by atoms with Crippen molar-refractivity contribution in [2.45, 2.75) is 67.5 Å². The Balaban J connectivity index is 2.37. The maximum absolute atomic E-state index is 2.50. The van der Waals surface area contributed by atoms with Gasteiger partial charge in [0, 0.05) is 10.1 Å². The molecule has 1 aliphatic heterocycles. The average molecular weight is 396 g/mol. The summed E-state index contributed by atoms with van der Waals surface area (Å²) in [6.07, 6.45) is 0. The van der Waals surface area contributed by atoms with Crippen molar-refractivity contribution in [2.75, 3.05) is 6.66 Å². The van der Waals surface area contributed by atoms with Crippen LogP contribution in [0.2, 0.25) is 0 Å². The first-order valence-corrected chi connectivity index (χ1v) is 13.0. The lowest BCUT2D eigenvalue weighted by molar-refractivity contribution is 0.796. The van der Waals surface area contributed by atoms with Gasteiger partial charge in [0.05, 0.1) is 0 Å². The third kappa shape index (κ3) is 3.52. The molecule has 2 aromatic carbocycles. The largest absolute Gasteiger partial charge is 0.110 e. The summed E-state index contributed by atoms with van der Waals surface area (Å²) in [5, 5.41) is 3.84. The molecule has 0 aliphatic carbocycles. The van der Waals surface area contributed by atoms with Crippen molar-refractivity contribution in [3.63, 3.8) is 0 Å². The van der Waals surface area contributed by atoms with Crippen molar-refractivity contribution in [3.8, 4) is 0 Å². The van der Waals surface area contributed by atoms with E-state index in [0.29, 0.717) is 5.16 Å². The van der Waals surface area contributed by atoms with Crippen LogP contribution in [0.4, 0.5) is 0 Å². The standard InChI is InChI=1S/C25H34P2/c1-15-11-17(3)21(18(4)12-15)23-26(10)24(27(23)25(7,8)9)22-19(5)13-16(2)14-20(22)6/h11-14H,1-10H3. The molecule has 0 atom stereocenters. The van der Waals surface area contributed by atoms with E-state index in [9.17, 15) is 0 Å². The Morgan fingerprint density at radius 2 is 0.889 bits per heavy atom. The van der Waals surface area contributed by atoms with E-state index in [1.807, 2.05) is 0 Å². The van der Waals surface area contributed by atoms with Crippen molar-refractivity contribution in [1.82, 2.24) is 0 Å². The predicted octanol–water partition coefficient (Wildman–Crippen LogP) is 7.60. The molecule has 0 fully saturated rings. The van der Waals surface area contributed by atoms with Gasteiger partial charge in [-0.3, -0.25) is 0 Å². The van der Waals surface area contributed by atoms with E-state index in [0.717, 1.165) is 0 Å². The Kier molecular flexibility index (Phi) is 5.40. The summed E-state index contributed by atoms with van der Waals surface area (Å²) in [5.41, 5.74) is 11.8. The lowest BCUT2D eigenvalue weighted by atomic mass is 10.0. The second kappa shape index (κ2) is 7.06. The maximum Gasteiger partial charge on any atom is 0.00867 e. The highest BCUT2D eigenvalue weighted by Gasteiger charge is 2.40. The summed E-state index contributed by atoms with van der Waals surface area (Å²) < 4.78 is 0. The van der Waals surface area contributed by atoms with E-state index >= 15 is 0 Å². The molecule has 0 amide bonds. The molecule has 0 bridgehead atoms. The molecule has 2 heteroatoms. The summed E-state index contributed by atoms with van der Waals surface area (Å²) in [7, 11) is -0.502. The lowest BCUT2D eigenvalue weighted by Gasteiger charge is -2.43. The van der Waals surface area contributed by atoms with Crippen LogP contribution in [0.3, 0.4) is 0 Å². The highest BCUT2D eigenvalue weighted by molar-refractivity contribution is 8.15. The lowest BCUT2D eigenvalue weighted by Crippen LogP contribution is -2.29. The summed E-state index contributed by atoms with van der Waals surface area (Å²) in [6, 6.07) is 9.48. The highest BCUT2D eigenvalue weighted by atomic mass is 31.2. The Bertz CT molecular complexity index is 903. The zero-order valence-corrected chi connectivity index (χ0v) is 20.5. The van der Waals surface area contributed by atoms with Crippen molar-refractivity contribution < 1.29 is 0 Å². The van der Waals surface area contributed by atoms with Gasteiger partial charge in [-0.2, -0.15) is 0 Å². The number of aryl methyl sites for hydroxylation is 6. The van der Waals surface area contributed by atoms with E-state index in [1.165, 1.54) is 33.4 Å². The molecule has 0 radical (unpaired) electrons. The maximum atomic E-state index is 2.50. The van der Waals surface area contributed by atoms with Crippen LogP contribution in [0, 0.1) is 41.5 Å². The van der Waals surface area contributed by atoms with E-state index in [1.54, 1.807) is 21.2 Å². The Morgan fingerprint density at radius 3 is 1.15 bits per heavy atom. The molecule has 3 rings (SSSR count). The van der Waals surface area contributed by atoms with Crippen LogP contribution in [0.15, 0.2) is 24.3 Å². The first-order valence-electron chi connectivity index (χ1n) is 9.87. The number of benzene rings is 2. The highest BCUT2D eigenvalue weighted by Crippen LogP contribution is 2.67. The molecule has 0 unspecified atom stereocenters. The van der Waals surface area contributed by atoms with Crippen LogP contribution in [0.5, 0.6) is 0 Å².